The summed E-state index contributed by atoms with van der Waals surface area (Å²) < 4.78 is 6.14. The van der Waals surface area contributed by atoms with Crippen molar-refractivity contribution in [3.05, 3.63) is 36.0 Å². The first kappa shape index (κ1) is 42.4. The van der Waals surface area contributed by atoms with Crippen molar-refractivity contribution in [2.75, 3.05) is 0 Å². The number of rotatable bonds is 23. The highest BCUT2D eigenvalue weighted by molar-refractivity contribution is 5.69. The van der Waals surface area contributed by atoms with Gasteiger partial charge in [0, 0.05) is 12.8 Å². The van der Waals surface area contributed by atoms with Crippen LogP contribution in [0.2, 0.25) is 0 Å². The summed E-state index contributed by atoms with van der Waals surface area (Å²) in [6.45, 7) is 17.1. The fourth-order valence-corrected chi connectivity index (χ4v) is 11.5. The van der Waals surface area contributed by atoms with Crippen molar-refractivity contribution in [2.45, 2.75) is 215 Å². The number of allylic oxidation sites excluding steroid dienone is 5. The van der Waals surface area contributed by atoms with E-state index >= 15 is 0 Å². The molecule has 2 nitrogen and oxygen atoms in total. The Hall–Kier alpha value is -1.31. The minimum Gasteiger partial charge on any atom is -0.462 e. The van der Waals surface area contributed by atoms with Crippen LogP contribution >= 0.6 is 0 Å². The Morgan fingerprint density at radius 3 is 2.04 bits per heavy atom. The first-order valence-corrected chi connectivity index (χ1v) is 22.8. The molecule has 4 rings (SSSR count). The number of hydrogen-bond donors (Lipinski definition) is 0. The molecule has 0 bridgehead atoms. The van der Waals surface area contributed by atoms with E-state index in [-0.39, 0.29) is 12.1 Å². The Morgan fingerprint density at radius 1 is 0.765 bits per heavy atom. The molecule has 0 saturated heterocycles. The average molecular weight is 705 g/mol. The van der Waals surface area contributed by atoms with Crippen LogP contribution in [0.5, 0.6) is 0 Å². The van der Waals surface area contributed by atoms with E-state index in [1.54, 1.807) is 5.57 Å². The van der Waals surface area contributed by atoms with Crippen LogP contribution in [0.4, 0.5) is 0 Å². The monoisotopic (exact) mass is 705 g/mol. The van der Waals surface area contributed by atoms with Crippen LogP contribution in [0.3, 0.4) is 0 Å². The molecule has 2 heteroatoms. The van der Waals surface area contributed by atoms with Crippen LogP contribution in [-0.4, -0.2) is 12.1 Å². The van der Waals surface area contributed by atoms with Gasteiger partial charge in [-0.05, 0) is 129 Å². The van der Waals surface area contributed by atoms with E-state index in [9.17, 15) is 4.79 Å². The highest BCUT2D eigenvalue weighted by Gasteiger charge is 2.59. The Morgan fingerprint density at radius 2 is 1.39 bits per heavy atom. The average Bonchev–Trinajstić information content (AvgIpc) is 3.47. The molecule has 9 atom stereocenters. The Balaban J connectivity index is 1.08. The van der Waals surface area contributed by atoms with Crippen molar-refractivity contribution in [1.29, 1.82) is 0 Å². The molecule has 0 spiro atoms. The molecule has 0 radical (unpaired) electrons. The second-order valence-corrected chi connectivity index (χ2v) is 19.1. The lowest BCUT2D eigenvalue weighted by atomic mass is 9.47. The molecule has 0 aliphatic heterocycles. The smallest absolute Gasteiger partial charge is 0.306 e. The van der Waals surface area contributed by atoms with E-state index in [1.165, 1.54) is 128 Å². The van der Waals surface area contributed by atoms with Crippen LogP contribution in [0.15, 0.2) is 36.0 Å². The summed E-state index contributed by atoms with van der Waals surface area (Å²) in [5, 5.41) is 0. The van der Waals surface area contributed by atoms with Gasteiger partial charge in [-0.3, -0.25) is 4.79 Å². The Bertz CT molecular complexity index is 1100. The second-order valence-electron chi connectivity index (χ2n) is 19.1. The molecular formula is C49H84O2. The first-order valence-electron chi connectivity index (χ1n) is 22.8. The van der Waals surface area contributed by atoms with Crippen molar-refractivity contribution < 1.29 is 9.53 Å². The number of esters is 1. The Kier molecular flexibility index (Phi) is 17.9. The lowest BCUT2D eigenvalue weighted by Crippen LogP contribution is -2.51. The summed E-state index contributed by atoms with van der Waals surface area (Å²) in [7, 11) is 0. The van der Waals surface area contributed by atoms with Gasteiger partial charge < -0.3 is 4.74 Å². The van der Waals surface area contributed by atoms with Gasteiger partial charge in [0.2, 0.25) is 0 Å². The van der Waals surface area contributed by atoms with Gasteiger partial charge in [-0.2, -0.15) is 0 Å². The van der Waals surface area contributed by atoms with Crippen LogP contribution in [0.25, 0.3) is 0 Å². The molecule has 51 heavy (non-hydrogen) atoms. The summed E-state index contributed by atoms with van der Waals surface area (Å²) in [5.41, 5.74) is 2.43. The summed E-state index contributed by atoms with van der Waals surface area (Å²) >= 11 is 0. The lowest BCUT2D eigenvalue weighted by Gasteiger charge is -2.58. The highest BCUT2D eigenvalue weighted by atomic mass is 16.5. The third kappa shape index (κ3) is 12.1. The molecule has 0 aromatic rings. The number of ether oxygens (including phenoxy) is 1. The predicted molar refractivity (Wildman–Crippen MR) is 221 cm³/mol. The minimum atomic E-state index is 0.0497. The van der Waals surface area contributed by atoms with E-state index in [0.29, 0.717) is 29.1 Å². The fraction of sp³-hybridized carbons (Fsp3) is 0.857. The first-order chi connectivity index (χ1) is 24.6. The maximum absolute atomic E-state index is 12.9. The summed E-state index contributed by atoms with van der Waals surface area (Å²) in [4.78, 5) is 12.9. The maximum atomic E-state index is 12.9. The van der Waals surface area contributed by atoms with Crippen molar-refractivity contribution in [3.8, 4) is 0 Å². The van der Waals surface area contributed by atoms with Crippen LogP contribution in [0.1, 0.15) is 209 Å². The lowest BCUT2D eigenvalue weighted by molar-refractivity contribution is -0.151. The molecule has 0 amide bonds. The van der Waals surface area contributed by atoms with E-state index in [4.69, 9.17) is 4.74 Å². The largest absolute Gasteiger partial charge is 0.462 e. The Labute approximate surface area is 317 Å². The van der Waals surface area contributed by atoms with Gasteiger partial charge in [0.15, 0.2) is 0 Å². The van der Waals surface area contributed by atoms with Crippen molar-refractivity contribution in [3.63, 3.8) is 0 Å². The fourth-order valence-electron chi connectivity index (χ4n) is 11.5. The number of fused-ring (bicyclic) bond motifs is 5. The molecule has 0 aromatic heterocycles. The summed E-state index contributed by atoms with van der Waals surface area (Å²) in [5.74, 6) is 5.46. The van der Waals surface area contributed by atoms with Crippen LogP contribution in [0, 0.1) is 52.3 Å². The number of carbonyl (C=O) groups is 1. The van der Waals surface area contributed by atoms with E-state index in [2.05, 4.69) is 78.8 Å². The number of hydrogen-bond acceptors (Lipinski definition) is 2. The van der Waals surface area contributed by atoms with Crippen molar-refractivity contribution in [2.24, 2.45) is 52.3 Å². The zero-order chi connectivity index (χ0) is 36.7. The number of unbranched alkanes of at least 4 members (excludes halogenated alkanes) is 14. The molecule has 3 saturated carbocycles. The molecule has 9 unspecified atom stereocenters. The molecule has 4 aliphatic carbocycles. The van der Waals surface area contributed by atoms with Crippen LogP contribution in [-0.2, 0) is 9.53 Å². The molecule has 0 aromatic carbocycles. The number of carbonyl (C=O) groups excluding carboxylic acids is 1. The molecule has 0 heterocycles. The van der Waals surface area contributed by atoms with Crippen molar-refractivity contribution >= 4 is 5.97 Å². The van der Waals surface area contributed by atoms with Crippen molar-refractivity contribution in [1.82, 2.24) is 0 Å². The maximum Gasteiger partial charge on any atom is 0.306 e. The predicted octanol–water partition coefficient (Wildman–Crippen LogP) is 15.2. The molecule has 292 valence electrons. The SMILES string of the molecule is CCCCCCCCCCC/C=C/CCCCCCCC(=O)OC1CCC2(C)C(=CCC3C2CCC2(C)C(C(C)/C=C/C(C)C(C)C)CCC32)C1. The summed E-state index contributed by atoms with van der Waals surface area (Å²) in [6, 6.07) is 0. The van der Waals surface area contributed by atoms with E-state index in [0.717, 1.165) is 55.3 Å². The zero-order valence-corrected chi connectivity index (χ0v) is 35.0. The van der Waals surface area contributed by atoms with Gasteiger partial charge in [0.1, 0.15) is 6.10 Å². The molecule has 3 fully saturated rings. The van der Waals surface area contributed by atoms with E-state index < -0.39 is 0 Å². The van der Waals surface area contributed by atoms with Gasteiger partial charge in [-0.1, -0.05) is 155 Å². The summed E-state index contributed by atoms with van der Waals surface area (Å²) in [6.07, 6.45) is 44.5. The second kappa shape index (κ2) is 21.5. The molecule has 0 N–H and O–H groups in total. The van der Waals surface area contributed by atoms with Gasteiger partial charge in [-0.25, -0.2) is 0 Å². The van der Waals surface area contributed by atoms with Gasteiger partial charge in [-0.15, -0.1) is 0 Å². The normalized spacial score (nSPS) is 31.8. The third-order valence-electron chi connectivity index (χ3n) is 15.2. The zero-order valence-electron chi connectivity index (χ0n) is 35.0. The van der Waals surface area contributed by atoms with Gasteiger partial charge >= 0.3 is 5.97 Å². The molecule has 4 aliphatic rings. The molecular weight excluding hydrogens is 621 g/mol. The van der Waals surface area contributed by atoms with Gasteiger partial charge in [0.25, 0.3) is 0 Å². The topological polar surface area (TPSA) is 26.3 Å². The van der Waals surface area contributed by atoms with Crippen LogP contribution < -0.4 is 0 Å². The third-order valence-corrected chi connectivity index (χ3v) is 15.2. The van der Waals surface area contributed by atoms with Gasteiger partial charge in [0.05, 0.1) is 0 Å². The minimum absolute atomic E-state index is 0.0497. The highest BCUT2D eigenvalue weighted by Crippen LogP contribution is 2.67. The quantitative estimate of drug-likeness (QED) is 0.0601. The van der Waals surface area contributed by atoms with E-state index in [1.807, 2.05) is 0 Å². The standard InChI is InChI=1S/C49H84O2/c1-8-9-10-11-12-13-14-15-16-17-18-19-20-21-22-23-24-25-26-47(50)51-42-33-35-48(6)41(37-42)29-30-43-45-32-31-44(49(45,7)36-34-46(43)48)40(5)28-27-39(4)38(2)3/h18-19,27-29,38-40,42-46H,8-17,20-26,30-37H2,1-7H3/b19-18+,28-27+.